The molecular weight excluding hydrogens is 465 g/mol. The number of carbonyl (C=O) groups is 1. The van der Waals surface area contributed by atoms with Crippen molar-refractivity contribution in [2.24, 2.45) is 0 Å². The standard InChI is InChI=1S/C25H22FN7O3/c1-15-10-22(30-23(34)12-16-4-9-20(35-2)21(11-16)36-3)33(31-15)25-19-13-29-32(24(19)27-14-28-25)18-7-5-17(26)6-8-18/h4-11,13-14H,12H2,1-3H3,(H,30,34). The molecule has 0 fully saturated rings. The van der Waals surface area contributed by atoms with Gasteiger partial charge in [0.05, 0.1) is 43.6 Å². The van der Waals surface area contributed by atoms with E-state index >= 15 is 0 Å². The Morgan fingerprint density at radius 3 is 2.53 bits per heavy atom. The van der Waals surface area contributed by atoms with E-state index in [1.54, 1.807) is 66.2 Å². The molecule has 3 heterocycles. The second-order valence-corrected chi connectivity index (χ2v) is 7.96. The number of nitrogens with zero attached hydrogens (tertiary/aromatic N) is 6. The van der Waals surface area contributed by atoms with Gasteiger partial charge in [0.25, 0.3) is 0 Å². The predicted octanol–water partition coefficient (Wildman–Crippen LogP) is 3.65. The third kappa shape index (κ3) is 4.33. The van der Waals surface area contributed by atoms with Crippen molar-refractivity contribution >= 4 is 22.8 Å². The fourth-order valence-corrected chi connectivity index (χ4v) is 3.88. The fraction of sp³-hybridized carbons (Fsp3) is 0.160. The molecule has 5 aromatic rings. The Morgan fingerprint density at radius 2 is 1.78 bits per heavy atom. The summed E-state index contributed by atoms with van der Waals surface area (Å²) in [5, 5.41) is 12.5. The van der Waals surface area contributed by atoms with Gasteiger partial charge in [-0.05, 0) is 48.9 Å². The zero-order chi connectivity index (χ0) is 25.2. The maximum atomic E-state index is 13.4. The van der Waals surface area contributed by atoms with Crippen molar-refractivity contribution in [3.8, 4) is 23.0 Å². The van der Waals surface area contributed by atoms with E-state index in [-0.39, 0.29) is 18.1 Å². The van der Waals surface area contributed by atoms with Crippen LogP contribution in [-0.2, 0) is 11.2 Å². The minimum Gasteiger partial charge on any atom is -0.493 e. The minimum absolute atomic E-state index is 0.117. The quantitative estimate of drug-likeness (QED) is 0.373. The first kappa shape index (κ1) is 23.0. The lowest BCUT2D eigenvalue weighted by Crippen LogP contribution is -2.17. The summed E-state index contributed by atoms with van der Waals surface area (Å²) in [5.74, 6) is 1.45. The number of halogens is 1. The predicted molar refractivity (Wildman–Crippen MR) is 130 cm³/mol. The lowest BCUT2D eigenvalue weighted by atomic mass is 10.1. The van der Waals surface area contributed by atoms with Crippen LogP contribution < -0.4 is 14.8 Å². The van der Waals surface area contributed by atoms with Gasteiger partial charge in [0.2, 0.25) is 5.91 Å². The normalized spacial score (nSPS) is 11.0. The number of ether oxygens (including phenoxy) is 2. The van der Waals surface area contributed by atoms with Gasteiger partial charge in [-0.25, -0.2) is 19.0 Å². The van der Waals surface area contributed by atoms with E-state index in [0.29, 0.717) is 45.5 Å². The molecule has 2 aromatic carbocycles. The molecule has 0 bridgehead atoms. The van der Waals surface area contributed by atoms with E-state index in [2.05, 4.69) is 25.5 Å². The lowest BCUT2D eigenvalue weighted by Gasteiger charge is -2.11. The molecule has 0 aliphatic heterocycles. The Labute approximate surface area is 205 Å². The molecule has 3 aromatic heterocycles. The third-order valence-electron chi connectivity index (χ3n) is 5.53. The number of methoxy groups -OCH3 is 2. The van der Waals surface area contributed by atoms with Gasteiger partial charge >= 0.3 is 0 Å². The van der Waals surface area contributed by atoms with Gasteiger partial charge in [-0.2, -0.15) is 14.9 Å². The number of aryl methyl sites for hydroxylation is 1. The Bertz CT molecular complexity index is 1560. The molecule has 0 saturated heterocycles. The molecule has 0 radical (unpaired) electrons. The maximum absolute atomic E-state index is 13.4. The van der Waals surface area contributed by atoms with Gasteiger partial charge in [0, 0.05) is 6.07 Å². The number of amides is 1. The fourth-order valence-electron chi connectivity index (χ4n) is 3.88. The topological polar surface area (TPSA) is 109 Å². The van der Waals surface area contributed by atoms with Gasteiger partial charge in [-0.3, -0.25) is 4.79 Å². The van der Waals surface area contributed by atoms with Crippen molar-refractivity contribution in [3.05, 3.63) is 78.1 Å². The number of aromatic nitrogens is 6. The van der Waals surface area contributed by atoms with Crippen LogP contribution in [0.5, 0.6) is 11.5 Å². The number of rotatable bonds is 7. The number of nitrogens with one attached hydrogen (secondary N) is 1. The summed E-state index contributed by atoms with van der Waals surface area (Å²) in [7, 11) is 3.10. The number of hydrogen-bond donors (Lipinski definition) is 1. The summed E-state index contributed by atoms with van der Waals surface area (Å²) in [5.41, 5.74) is 2.62. The second-order valence-electron chi connectivity index (χ2n) is 7.96. The molecule has 1 amide bonds. The lowest BCUT2D eigenvalue weighted by molar-refractivity contribution is -0.115. The highest BCUT2D eigenvalue weighted by atomic mass is 19.1. The monoisotopic (exact) mass is 487 g/mol. The van der Waals surface area contributed by atoms with Gasteiger partial charge < -0.3 is 14.8 Å². The molecule has 1 N–H and O–H groups in total. The first-order valence-corrected chi connectivity index (χ1v) is 11.0. The molecule has 11 heteroatoms. The van der Waals surface area contributed by atoms with E-state index < -0.39 is 0 Å². The molecule has 0 atom stereocenters. The second kappa shape index (κ2) is 9.45. The average Bonchev–Trinajstić information content (AvgIpc) is 3.47. The summed E-state index contributed by atoms with van der Waals surface area (Å²) in [4.78, 5) is 21.7. The number of fused-ring (bicyclic) bond motifs is 1. The van der Waals surface area contributed by atoms with Gasteiger partial charge in [-0.15, -0.1) is 0 Å². The molecule has 182 valence electrons. The van der Waals surface area contributed by atoms with Crippen molar-refractivity contribution in [1.82, 2.24) is 29.5 Å². The number of anilines is 1. The summed E-state index contributed by atoms with van der Waals surface area (Å²) >= 11 is 0. The SMILES string of the molecule is COc1ccc(CC(=O)Nc2cc(C)nn2-c2ncnc3c2cnn3-c2ccc(F)cc2)cc1OC. The molecule has 0 aliphatic carbocycles. The van der Waals surface area contributed by atoms with E-state index in [1.807, 2.05) is 6.92 Å². The van der Waals surface area contributed by atoms with Crippen LogP contribution in [0.1, 0.15) is 11.3 Å². The third-order valence-corrected chi connectivity index (χ3v) is 5.53. The van der Waals surface area contributed by atoms with Crippen molar-refractivity contribution in [2.75, 3.05) is 19.5 Å². The molecule has 0 unspecified atom stereocenters. The Kier molecular flexibility index (Phi) is 6.03. The first-order chi connectivity index (χ1) is 17.5. The van der Waals surface area contributed by atoms with Crippen LogP contribution in [0.25, 0.3) is 22.5 Å². The Balaban J connectivity index is 1.45. The van der Waals surface area contributed by atoms with Crippen LogP contribution in [0.2, 0.25) is 0 Å². The molecule has 0 spiro atoms. The highest BCUT2D eigenvalue weighted by Gasteiger charge is 2.18. The number of hydrogen-bond acceptors (Lipinski definition) is 7. The van der Waals surface area contributed by atoms with Crippen LogP contribution in [0.4, 0.5) is 10.2 Å². The van der Waals surface area contributed by atoms with Crippen molar-refractivity contribution < 1.29 is 18.7 Å². The summed E-state index contributed by atoms with van der Waals surface area (Å²) < 4.78 is 27.1. The average molecular weight is 487 g/mol. The van der Waals surface area contributed by atoms with Gasteiger partial charge in [-0.1, -0.05) is 6.07 Å². The summed E-state index contributed by atoms with van der Waals surface area (Å²) in [6, 6.07) is 13.0. The summed E-state index contributed by atoms with van der Waals surface area (Å²) in [6.45, 7) is 1.82. The zero-order valence-electron chi connectivity index (χ0n) is 19.8. The van der Waals surface area contributed by atoms with E-state index in [0.717, 1.165) is 5.56 Å². The van der Waals surface area contributed by atoms with Crippen molar-refractivity contribution in [2.45, 2.75) is 13.3 Å². The van der Waals surface area contributed by atoms with E-state index in [1.165, 1.54) is 18.5 Å². The molecule has 36 heavy (non-hydrogen) atoms. The zero-order valence-corrected chi connectivity index (χ0v) is 19.8. The van der Waals surface area contributed by atoms with Crippen LogP contribution in [0.15, 0.2) is 61.1 Å². The van der Waals surface area contributed by atoms with Gasteiger partial charge in [0.15, 0.2) is 23.0 Å². The van der Waals surface area contributed by atoms with Crippen molar-refractivity contribution in [3.63, 3.8) is 0 Å². The Hall–Kier alpha value is -4.80. The molecule has 0 aliphatic rings. The first-order valence-electron chi connectivity index (χ1n) is 11.0. The molecule has 10 nitrogen and oxygen atoms in total. The molecular formula is C25H22FN7O3. The van der Waals surface area contributed by atoms with Crippen LogP contribution >= 0.6 is 0 Å². The highest BCUT2D eigenvalue weighted by Crippen LogP contribution is 2.28. The van der Waals surface area contributed by atoms with Gasteiger partial charge in [0.1, 0.15) is 18.0 Å². The smallest absolute Gasteiger partial charge is 0.229 e. The summed E-state index contributed by atoms with van der Waals surface area (Å²) in [6.07, 6.45) is 3.12. The Morgan fingerprint density at radius 1 is 1.00 bits per heavy atom. The maximum Gasteiger partial charge on any atom is 0.229 e. The highest BCUT2D eigenvalue weighted by molar-refractivity contribution is 5.92. The van der Waals surface area contributed by atoms with Crippen LogP contribution in [0.3, 0.4) is 0 Å². The van der Waals surface area contributed by atoms with E-state index in [9.17, 15) is 9.18 Å². The van der Waals surface area contributed by atoms with Crippen LogP contribution in [-0.4, -0.2) is 49.7 Å². The molecule has 0 saturated carbocycles. The van der Waals surface area contributed by atoms with Crippen molar-refractivity contribution in [1.29, 1.82) is 0 Å². The van der Waals surface area contributed by atoms with Crippen LogP contribution in [0, 0.1) is 12.7 Å². The number of benzene rings is 2. The molecule has 5 rings (SSSR count). The van der Waals surface area contributed by atoms with E-state index in [4.69, 9.17) is 9.47 Å². The largest absolute Gasteiger partial charge is 0.493 e. The number of carbonyl (C=O) groups excluding carboxylic acids is 1. The minimum atomic E-state index is -0.342.